The van der Waals surface area contributed by atoms with E-state index in [9.17, 15) is 4.79 Å². The standard InChI is InChI=1S/C12H16N4OS2/c1-3-8-6-9(17)16-11(14-8)19-10(15-16)13-7-12(18-2)4-5-12/h6H,3-5,7H2,1-2H3,(H,13,15). The molecule has 5 nitrogen and oxygen atoms in total. The minimum Gasteiger partial charge on any atom is -0.359 e. The van der Waals surface area contributed by atoms with Crippen LogP contribution in [0.25, 0.3) is 4.96 Å². The van der Waals surface area contributed by atoms with Gasteiger partial charge in [0, 0.05) is 23.1 Å². The van der Waals surface area contributed by atoms with Gasteiger partial charge in [-0.25, -0.2) is 4.98 Å². The van der Waals surface area contributed by atoms with Crippen molar-refractivity contribution in [1.29, 1.82) is 0 Å². The number of nitrogens with one attached hydrogen (secondary N) is 1. The van der Waals surface area contributed by atoms with Gasteiger partial charge < -0.3 is 5.32 Å². The van der Waals surface area contributed by atoms with E-state index in [4.69, 9.17) is 0 Å². The van der Waals surface area contributed by atoms with E-state index in [2.05, 4.69) is 21.7 Å². The van der Waals surface area contributed by atoms with Crippen molar-refractivity contribution in [2.45, 2.75) is 30.9 Å². The van der Waals surface area contributed by atoms with Crippen LogP contribution in [0.5, 0.6) is 0 Å². The average molecular weight is 296 g/mol. The van der Waals surface area contributed by atoms with E-state index < -0.39 is 0 Å². The van der Waals surface area contributed by atoms with Crippen molar-refractivity contribution in [1.82, 2.24) is 14.6 Å². The van der Waals surface area contributed by atoms with Gasteiger partial charge in [-0.15, -0.1) is 5.10 Å². The third-order valence-electron chi connectivity index (χ3n) is 3.46. The van der Waals surface area contributed by atoms with Gasteiger partial charge in [0.05, 0.1) is 0 Å². The predicted molar refractivity (Wildman–Crippen MR) is 80.5 cm³/mol. The Bertz CT molecular complexity index is 659. The molecule has 3 rings (SSSR count). The lowest BCUT2D eigenvalue weighted by atomic mass is 10.3. The fourth-order valence-electron chi connectivity index (χ4n) is 1.94. The number of hydrogen-bond acceptors (Lipinski definition) is 6. The van der Waals surface area contributed by atoms with E-state index in [1.807, 2.05) is 18.7 Å². The summed E-state index contributed by atoms with van der Waals surface area (Å²) < 4.78 is 1.76. The maximum Gasteiger partial charge on any atom is 0.275 e. The highest BCUT2D eigenvalue weighted by Gasteiger charge is 2.41. The molecule has 0 unspecified atom stereocenters. The molecule has 1 aliphatic rings. The second-order valence-corrected chi connectivity index (χ2v) is 7.01. The largest absolute Gasteiger partial charge is 0.359 e. The fraction of sp³-hybridized carbons (Fsp3) is 0.583. The lowest BCUT2D eigenvalue weighted by Gasteiger charge is -2.11. The van der Waals surface area contributed by atoms with Crippen molar-refractivity contribution < 1.29 is 0 Å². The molecule has 1 N–H and O–H groups in total. The molecule has 102 valence electrons. The number of fused-ring (bicyclic) bond motifs is 1. The van der Waals surface area contributed by atoms with Gasteiger partial charge in [-0.1, -0.05) is 18.3 Å². The molecule has 19 heavy (non-hydrogen) atoms. The summed E-state index contributed by atoms with van der Waals surface area (Å²) in [5.41, 5.74) is 0.722. The molecule has 7 heteroatoms. The van der Waals surface area contributed by atoms with E-state index in [1.165, 1.54) is 28.7 Å². The van der Waals surface area contributed by atoms with E-state index in [0.717, 1.165) is 23.8 Å². The van der Waals surface area contributed by atoms with Crippen molar-refractivity contribution in [2.24, 2.45) is 0 Å². The molecule has 0 spiro atoms. The average Bonchev–Trinajstić information content (AvgIpc) is 3.08. The third-order valence-corrected chi connectivity index (χ3v) is 5.75. The molecule has 0 aliphatic heterocycles. The van der Waals surface area contributed by atoms with Crippen molar-refractivity contribution >= 4 is 33.2 Å². The maximum atomic E-state index is 11.9. The summed E-state index contributed by atoms with van der Waals surface area (Å²) in [4.78, 5) is 17.0. The zero-order valence-electron chi connectivity index (χ0n) is 11.0. The smallest absolute Gasteiger partial charge is 0.275 e. The second-order valence-electron chi connectivity index (χ2n) is 4.78. The van der Waals surface area contributed by atoms with Crippen LogP contribution in [0, 0.1) is 0 Å². The molecular weight excluding hydrogens is 280 g/mol. The molecule has 0 atom stereocenters. The summed E-state index contributed by atoms with van der Waals surface area (Å²) in [7, 11) is 0. The normalized spacial score (nSPS) is 16.7. The molecule has 0 bridgehead atoms. The Morgan fingerprint density at radius 2 is 2.37 bits per heavy atom. The van der Waals surface area contributed by atoms with E-state index in [1.54, 1.807) is 6.07 Å². The first-order chi connectivity index (χ1) is 9.15. The quantitative estimate of drug-likeness (QED) is 0.915. The van der Waals surface area contributed by atoms with Crippen LogP contribution in [0.4, 0.5) is 5.13 Å². The number of aromatic nitrogens is 3. The van der Waals surface area contributed by atoms with Crippen LogP contribution in [0.15, 0.2) is 10.9 Å². The fourth-order valence-corrected chi connectivity index (χ4v) is 3.48. The molecule has 0 amide bonds. The Hall–Kier alpha value is -1.08. The molecule has 2 aromatic rings. The molecule has 1 aliphatic carbocycles. The van der Waals surface area contributed by atoms with Gasteiger partial charge in [0.15, 0.2) is 0 Å². The van der Waals surface area contributed by atoms with Crippen molar-refractivity contribution in [3.8, 4) is 0 Å². The van der Waals surface area contributed by atoms with Crippen LogP contribution in [0.2, 0.25) is 0 Å². The van der Waals surface area contributed by atoms with Crippen LogP contribution < -0.4 is 10.9 Å². The zero-order chi connectivity index (χ0) is 13.5. The molecule has 2 heterocycles. The number of anilines is 1. The minimum atomic E-state index is -0.0999. The Morgan fingerprint density at radius 1 is 1.58 bits per heavy atom. The first kappa shape index (κ1) is 12.9. The van der Waals surface area contributed by atoms with Crippen LogP contribution in [0.1, 0.15) is 25.5 Å². The lowest BCUT2D eigenvalue weighted by molar-refractivity contribution is 0.866. The first-order valence-corrected chi connectivity index (χ1v) is 8.39. The summed E-state index contributed by atoms with van der Waals surface area (Å²) >= 11 is 3.34. The van der Waals surface area contributed by atoms with Crippen molar-refractivity contribution in [2.75, 3.05) is 18.1 Å². The van der Waals surface area contributed by atoms with Crippen LogP contribution in [-0.2, 0) is 6.42 Å². The summed E-state index contributed by atoms with van der Waals surface area (Å²) in [6, 6.07) is 1.56. The molecular formula is C12H16N4OS2. The summed E-state index contributed by atoms with van der Waals surface area (Å²) in [6.45, 7) is 2.90. The van der Waals surface area contributed by atoms with Gasteiger partial charge in [-0.05, 0) is 25.5 Å². The second kappa shape index (κ2) is 4.79. The van der Waals surface area contributed by atoms with E-state index in [-0.39, 0.29) is 5.56 Å². The molecule has 0 radical (unpaired) electrons. The van der Waals surface area contributed by atoms with Gasteiger partial charge in [0.1, 0.15) is 0 Å². The highest BCUT2D eigenvalue weighted by Crippen LogP contribution is 2.47. The van der Waals surface area contributed by atoms with Crippen molar-refractivity contribution in [3.63, 3.8) is 0 Å². The Kier molecular flexibility index (Phi) is 3.26. The Morgan fingerprint density at radius 3 is 3.00 bits per heavy atom. The van der Waals surface area contributed by atoms with Gasteiger partial charge in [0.25, 0.3) is 5.56 Å². The Balaban J connectivity index is 1.85. The SMILES string of the molecule is CCc1cc(=O)n2nc(NCC3(SC)CC3)sc2n1. The predicted octanol–water partition coefficient (Wildman–Crippen LogP) is 2.02. The summed E-state index contributed by atoms with van der Waals surface area (Å²) in [6.07, 6.45) is 5.42. The van der Waals surface area contributed by atoms with Gasteiger partial charge in [-0.3, -0.25) is 4.79 Å². The van der Waals surface area contributed by atoms with Crippen LogP contribution in [-0.4, -0.2) is 32.1 Å². The number of aryl methyl sites for hydroxylation is 1. The topological polar surface area (TPSA) is 59.3 Å². The van der Waals surface area contributed by atoms with E-state index >= 15 is 0 Å². The lowest BCUT2D eigenvalue weighted by Crippen LogP contribution is -2.18. The molecule has 0 saturated heterocycles. The monoisotopic (exact) mass is 296 g/mol. The summed E-state index contributed by atoms with van der Waals surface area (Å²) in [5.74, 6) is 0. The molecule has 1 saturated carbocycles. The van der Waals surface area contributed by atoms with Crippen LogP contribution in [0.3, 0.4) is 0 Å². The van der Waals surface area contributed by atoms with Crippen molar-refractivity contribution in [3.05, 3.63) is 22.1 Å². The van der Waals surface area contributed by atoms with E-state index in [0.29, 0.717) is 9.71 Å². The Labute approximate surface area is 119 Å². The van der Waals surface area contributed by atoms with Gasteiger partial charge in [-0.2, -0.15) is 16.3 Å². The number of hydrogen-bond donors (Lipinski definition) is 1. The van der Waals surface area contributed by atoms with Gasteiger partial charge in [0.2, 0.25) is 10.1 Å². The number of thioether (sulfide) groups is 1. The minimum absolute atomic E-state index is 0.0999. The molecule has 0 aromatic carbocycles. The number of nitrogens with zero attached hydrogens (tertiary/aromatic N) is 3. The van der Waals surface area contributed by atoms with Crippen LogP contribution >= 0.6 is 23.1 Å². The zero-order valence-corrected chi connectivity index (χ0v) is 12.6. The highest BCUT2D eigenvalue weighted by molar-refractivity contribution is 8.00. The maximum absolute atomic E-state index is 11.9. The molecule has 1 fully saturated rings. The summed E-state index contributed by atoms with van der Waals surface area (Å²) in [5, 5.41) is 8.41. The third kappa shape index (κ3) is 2.49. The first-order valence-electron chi connectivity index (χ1n) is 6.35. The highest BCUT2D eigenvalue weighted by atomic mass is 32.2. The number of rotatable bonds is 5. The van der Waals surface area contributed by atoms with Gasteiger partial charge >= 0.3 is 0 Å². The molecule has 2 aromatic heterocycles.